The number of pyridine rings is 1. The average Bonchev–Trinajstić information content (AvgIpc) is 2.67. The normalized spacial score (nSPS) is 21.2. The van der Waals surface area contributed by atoms with Crippen molar-refractivity contribution >= 4 is 11.6 Å². The number of hydrogen-bond donors (Lipinski definition) is 1. The molecule has 1 aliphatic carbocycles. The molecule has 0 bridgehead atoms. The molecule has 0 amide bonds. The zero-order valence-corrected chi connectivity index (χ0v) is 11.7. The monoisotopic (exact) mass is 244 g/mol. The van der Waals surface area contributed by atoms with Gasteiger partial charge in [-0.1, -0.05) is 33.8 Å². The van der Waals surface area contributed by atoms with E-state index >= 15 is 0 Å². The molecule has 1 saturated carbocycles. The molecule has 0 spiro atoms. The minimum Gasteiger partial charge on any atom is -0.349 e. The predicted octanol–water partition coefficient (Wildman–Crippen LogP) is 2.88. The maximum absolute atomic E-state index is 4.56. The van der Waals surface area contributed by atoms with Gasteiger partial charge in [-0.15, -0.1) is 5.10 Å². The van der Waals surface area contributed by atoms with Crippen LogP contribution in [0.15, 0.2) is 18.3 Å². The Morgan fingerprint density at radius 3 is 2.44 bits per heavy atom. The summed E-state index contributed by atoms with van der Waals surface area (Å²) in [4.78, 5) is 4.56. The van der Waals surface area contributed by atoms with E-state index in [-0.39, 0.29) is 0 Å². The van der Waals surface area contributed by atoms with E-state index in [2.05, 4.69) is 56.1 Å². The standard InChI is InChI=1S/C14H20N4/c1-9-7-6-8-18-10(9)15-12(17-18)16-11-13(2,3)14(11,4)5/h6-8,11H,1-5H3,(H,16,17). The van der Waals surface area contributed by atoms with Crippen molar-refractivity contribution in [2.45, 2.75) is 40.7 Å². The molecule has 0 unspecified atom stereocenters. The van der Waals surface area contributed by atoms with Crippen LogP contribution in [0.2, 0.25) is 0 Å². The first-order chi connectivity index (χ1) is 8.34. The number of nitrogens with zero attached hydrogens (tertiary/aromatic N) is 3. The van der Waals surface area contributed by atoms with Gasteiger partial charge in [-0.05, 0) is 29.4 Å². The minimum absolute atomic E-state index is 0.291. The molecule has 18 heavy (non-hydrogen) atoms. The van der Waals surface area contributed by atoms with Gasteiger partial charge in [0.15, 0.2) is 5.65 Å². The van der Waals surface area contributed by atoms with Crippen LogP contribution in [0.5, 0.6) is 0 Å². The maximum Gasteiger partial charge on any atom is 0.243 e. The highest BCUT2D eigenvalue weighted by Gasteiger charge is 2.65. The van der Waals surface area contributed by atoms with E-state index in [0.29, 0.717) is 16.9 Å². The van der Waals surface area contributed by atoms with Crippen molar-refractivity contribution < 1.29 is 0 Å². The van der Waals surface area contributed by atoms with Crippen LogP contribution in [0.3, 0.4) is 0 Å². The summed E-state index contributed by atoms with van der Waals surface area (Å²) >= 11 is 0. The van der Waals surface area contributed by atoms with Crippen LogP contribution < -0.4 is 5.32 Å². The molecule has 2 heterocycles. The fraction of sp³-hybridized carbons (Fsp3) is 0.571. The smallest absolute Gasteiger partial charge is 0.243 e. The van der Waals surface area contributed by atoms with E-state index in [4.69, 9.17) is 0 Å². The molecule has 2 aromatic heterocycles. The second-order valence-electron chi connectivity index (χ2n) is 6.42. The third kappa shape index (κ3) is 1.38. The Hall–Kier alpha value is -1.58. The number of aromatic nitrogens is 3. The molecule has 0 saturated heterocycles. The van der Waals surface area contributed by atoms with E-state index in [1.807, 2.05) is 16.8 Å². The van der Waals surface area contributed by atoms with Crippen LogP contribution in [0.1, 0.15) is 33.3 Å². The van der Waals surface area contributed by atoms with Crippen LogP contribution in [-0.4, -0.2) is 20.6 Å². The molecule has 1 fully saturated rings. The topological polar surface area (TPSA) is 42.2 Å². The molecule has 4 heteroatoms. The van der Waals surface area contributed by atoms with Crippen molar-refractivity contribution in [1.29, 1.82) is 0 Å². The Morgan fingerprint density at radius 1 is 1.22 bits per heavy atom. The van der Waals surface area contributed by atoms with Gasteiger partial charge in [-0.2, -0.15) is 4.98 Å². The minimum atomic E-state index is 0.291. The molecule has 2 aromatic rings. The number of aryl methyl sites for hydroxylation is 1. The second-order valence-corrected chi connectivity index (χ2v) is 6.42. The van der Waals surface area contributed by atoms with E-state index in [9.17, 15) is 0 Å². The Balaban J connectivity index is 1.91. The zero-order valence-electron chi connectivity index (χ0n) is 11.7. The summed E-state index contributed by atoms with van der Waals surface area (Å²) in [6, 6.07) is 4.48. The third-order valence-corrected chi connectivity index (χ3v) is 4.85. The molecule has 1 N–H and O–H groups in total. The van der Waals surface area contributed by atoms with Crippen molar-refractivity contribution in [2.24, 2.45) is 10.8 Å². The average molecular weight is 244 g/mol. The van der Waals surface area contributed by atoms with Gasteiger partial charge in [0.2, 0.25) is 5.95 Å². The molecule has 96 valence electrons. The number of rotatable bonds is 2. The SMILES string of the molecule is Cc1cccn2nc(NC3C(C)(C)C3(C)C)nc12. The van der Waals surface area contributed by atoms with Crippen LogP contribution in [0, 0.1) is 17.8 Å². The fourth-order valence-corrected chi connectivity index (χ4v) is 2.79. The van der Waals surface area contributed by atoms with Gasteiger partial charge < -0.3 is 5.32 Å². The summed E-state index contributed by atoms with van der Waals surface area (Å²) in [6.45, 7) is 11.2. The van der Waals surface area contributed by atoms with E-state index < -0.39 is 0 Å². The highest BCUT2D eigenvalue weighted by Crippen LogP contribution is 2.63. The fourth-order valence-electron chi connectivity index (χ4n) is 2.79. The molecule has 1 aliphatic rings. The maximum atomic E-state index is 4.56. The first kappa shape index (κ1) is 11.5. The van der Waals surface area contributed by atoms with E-state index in [1.165, 1.54) is 0 Å². The number of hydrogen-bond acceptors (Lipinski definition) is 3. The number of anilines is 1. The van der Waals surface area contributed by atoms with Gasteiger partial charge in [0.25, 0.3) is 0 Å². The lowest BCUT2D eigenvalue weighted by molar-refractivity contribution is 0.457. The molecule has 0 atom stereocenters. The first-order valence-electron chi connectivity index (χ1n) is 6.42. The Labute approximate surface area is 107 Å². The third-order valence-electron chi connectivity index (χ3n) is 4.85. The molecule has 3 rings (SSSR count). The number of fused-ring (bicyclic) bond motifs is 1. The molecular formula is C14H20N4. The van der Waals surface area contributed by atoms with Gasteiger partial charge in [-0.3, -0.25) is 0 Å². The van der Waals surface area contributed by atoms with Gasteiger partial charge in [0, 0.05) is 12.2 Å². The van der Waals surface area contributed by atoms with Crippen LogP contribution in [0.4, 0.5) is 5.95 Å². The van der Waals surface area contributed by atoms with Crippen molar-refractivity contribution in [3.8, 4) is 0 Å². The number of nitrogens with one attached hydrogen (secondary N) is 1. The van der Waals surface area contributed by atoms with Crippen LogP contribution in [0.25, 0.3) is 5.65 Å². The summed E-state index contributed by atoms with van der Waals surface area (Å²) in [5, 5.41) is 7.95. The van der Waals surface area contributed by atoms with Gasteiger partial charge in [0.1, 0.15) is 0 Å². The summed E-state index contributed by atoms with van der Waals surface area (Å²) in [5.74, 6) is 0.730. The van der Waals surface area contributed by atoms with Gasteiger partial charge >= 0.3 is 0 Å². The Kier molecular flexibility index (Phi) is 2.08. The lowest BCUT2D eigenvalue weighted by Gasteiger charge is -2.02. The van der Waals surface area contributed by atoms with Crippen molar-refractivity contribution in [1.82, 2.24) is 14.6 Å². The lowest BCUT2D eigenvalue weighted by Crippen LogP contribution is -2.11. The Morgan fingerprint density at radius 2 is 1.89 bits per heavy atom. The van der Waals surface area contributed by atoms with E-state index in [0.717, 1.165) is 17.2 Å². The largest absolute Gasteiger partial charge is 0.349 e. The van der Waals surface area contributed by atoms with Crippen molar-refractivity contribution in [3.63, 3.8) is 0 Å². The van der Waals surface area contributed by atoms with Crippen molar-refractivity contribution in [3.05, 3.63) is 23.9 Å². The molecule has 0 aromatic carbocycles. The van der Waals surface area contributed by atoms with E-state index in [1.54, 1.807) is 0 Å². The highest BCUT2D eigenvalue weighted by molar-refractivity contribution is 5.51. The first-order valence-corrected chi connectivity index (χ1v) is 6.42. The molecule has 4 nitrogen and oxygen atoms in total. The second kappa shape index (κ2) is 3.25. The van der Waals surface area contributed by atoms with Crippen LogP contribution >= 0.6 is 0 Å². The summed E-state index contributed by atoms with van der Waals surface area (Å²) in [6.07, 6.45) is 1.93. The quantitative estimate of drug-likeness (QED) is 0.883. The molecular weight excluding hydrogens is 224 g/mol. The Bertz CT molecular complexity index is 595. The molecule has 0 aliphatic heterocycles. The summed E-state index contributed by atoms with van der Waals surface area (Å²) < 4.78 is 1.83. The van der Waals surface area contributed by atoms with Crippen molar-refractivity contribution in [2.75, 3.05) is 5.32 Å². The summed E-state index contributed by atoms with van der Waals surface area (Å²) in [5.41, 5.74) is 2.66. The van der Waals surface area contributed by atoms with Gasteiger partial charge in [0.05, 0.1) is 0 Å². The highest BCUT2D eigenvalue weighted by atomic mass is 15.4. The molecule has 0 radical (unpaired) electrons. The lowest BCUT2D eigenvalue weighted by atomic mass is 10.0. The van der Waals surface area contributed by atoms with Crippen LogP contribution in [-0.2, 0) is 0 Å². The van der Waals surface area contributed by atoms with Gasteiger partial charge in [-0.25, -0.2) is 4.52 Å². The predicted molar refractivity (Wildman–Crippen MR) is 72.7 cm³/mol. The summed E-state index contributed by atoms with van der Waals surface area (Å²) in [7, 11) is 0. The zero-order chi connectivity index (χ0) is 13.1.